The van der Waals surface area contributed by atoms with Gasteiger partial charge >= 0.3 is 0 Å². The van der Waals surface area contributed by atoms with E-state index in [1.54, 1.807) is 6.07 Å². The van der Waals surface area contributed by atoms with Gasteiger partial charge in [0.2, 0.25) is 0 Å². The van der Waals surface area contributed by atoms with Gasteiger partial charge in [0, 0.05) is 18.1 Å². The smallest absolute Gasteiger partial charge is 0.287 e. The number of benzene rings is 2. The van der Waals surface area contributed by atoms with E-state index < -0.39 is 0 Å². The van der Waals surface area contributed by atoms with Crippen LogP contribution in [0.15, 0.2) is 59.0 Å². The number of hydrogen-bond acceptors (Lipinski definition) is 4. The molecule has 0 aliphatic carbocycles. The highest BCUT2D eigenvalue weighted by atomic mass is 35.5. The van der Waals surface area contributed by atoms with Crippen LogP contribution in [0.4, 0.5) is 0 Å². The summed E-state index contributed by atoms with van der Waals surface area (Å²) in [7, 11) is 0. The van der Waals surface area contributed by atoms with Crippen LogP contribution < -0.4 is 15.4 Å². The number of hydrogen-bond donors (Lipinski definition) is 2. The number of rotatable bonds is 5. The molecule has 0 spiro atoms. The zero-order valence-corrected chi connectivity index (χ0v) is 16.9. The second kappa shape index (κ2) is 8.47. The fourth-order valence-corrected chi connectivity index (χ4v) is 4.42. The van der Waals surface area contributed by atoms with Gasteiger partial charge in [0.15, 0.2) is 5.76 Å². The van der Waals surface area contributed by atoms with Gasteiger partial charge < -0.3 is 19.8 Å². The standard InChI is InChI=1S/C23H24N2O3.ClH/c26-23(25-19-12-17-6-7-18(13-19)24-17)22-10-9-21(28-22)14-27-20-8-5-15-3-1-2-4-16(15)11-20;/h1-5,8-11,17-19,24H,6-7,12-14H2,(H,25,26);1H. The van der Waals surface area contributed by atoms with E-state index in [4.69, 9.17) is 9.15 Å². The fraction of sp³-hybridized carbons (Fsp3) is 0.348. The maximum Gasteiger partial charge on any atom is 0.287 e. The lowest BCUT2D eigenvalue weighted by Crippen LogP contribution is -2.47. The summed E-state index contributed by atoms with van der Waals surface area (Å²) < 4.78 is 11.6. The summed E-state index contributed by atoms with van der Waals surface area (Å²) in [4.78, 5) is 12.5. The second-order valence-corrected chi connectivity index (χ2v) is 7.84. The molecule has 3 heterocycles. The number of furan rings is 1. The lowest BCUT2D eigenvalue weighted by molar-refractivity contribution is 0.0891. The van der Waals surface area contributed by atoms with Gasteiger partial charge in [0.25, 0.3) is 5.91 Å². The Kier molecular flexibility index (Phi) is 5.79. The third-order valence-electron chi connectivity index (χ3n) is 5.80. The zero-order valence-electron chi connectivity index (χ0n) is 16.1. The molecule has 2 N–H and O–H groups in total. The van der Waals surface area contributed by atoms with Crippen molar-refractivity contribution in [1.29, 1.82) is 0 Å². The van der Waals surface area contributed by atoms with E-state index in [1.807, 2.05) is 36.4 Å². The lowest BCUT2D eigenvalue weighted by Gasteiger charge is -2.29. The maximum absolute atomic E-state index is 12.5. The number of amides is 1. The molecule has 2 aliphatic rings. The predicted molar refractivity (Wildman–Crippen MR) is 115 cm³/mol. The molecule has 1 aromatic heterocycles. The highest BCUT2D eigenvalue weighted by Crippen LogP contribution is 2.27. The van der Waals surface area contributed by atoms with Crippen molar-refractivity contribution in [3.8, 4) is 5.75 Å². The van der Waals surface area contributed by atoms with Crippen LogP contribution in [0.5, 0.6) is 5.75 Å². The normalized spacial score (nSPS) is 22.8. The molecule has 2 fully saturated rings. The van der Waals surface area contributed by atoms with Crippen molar-refractivity contribution in [2.45, 2.75) is 50.4 Å². The van der Waals surface area contributed by atoms with Gasteiger partial charge in [-0.1, -0.05) is 30.3 Å². The number of ether oxygens (including phenoxy) is 1. The van der Waals surface area contributed by atoms with Crippen LogP contribution in [0, 0.1) is 0 Å². The van der Waals surface area contributed by atoms with Crippen molar-refractivity contribution in [2.24, 2.45) is 0 Å². The highest BCUT2D eigenvalue weighted by molar-refractivity contribution is 5.91. The number of halogens is 1. The summed E-state index contributed by atoms with van der Waals surface area (Å²) in [5.74, 6) is 1.64. The van der Waals surface area contributed by atoms with Gasteiger partial charge in [-0.05, 0) is 60.7 Å². The van der Waals surface area contributed by atoms with Gasteiger partial charge in [-0.2, -0.15) is 0 Å². The number of carbonyl (C=O) groups is 1. The van der Waals surface area contributed by atoms with Crippen molar-refractivity contribution in [2.75, 3.05) is 0 Å². The molecule has 2 bridgehead atoms. The van der Waals surface area contributed by atoms with E-state index in [9.17, 15) is 4.79 Å². The Labute approximate surface area is 176 Å². The van der Waals surface area contributed by atoms with Gasteiger partial charge in [0.05, 0.1) is 0 Å². The van der Waals surface area contributed by atoms with Crippen LogP contribution in [0.25, 0.3) is 10.8 Å². The van der Waals surface area contributed by atoms with E-state index >= 15 is 0 Å². The van der Waals surface area contributed by atoms with E-state index in [2.05, 4.69) is 22.8 Å². The average Bonchev–Trinajstić information content (AvgIpc) is 3.32. The number of piperidine rings is 1. The molecule has 6 heteroatoms. The zero-order chi connectivity index (χ0) is 18.9. The maximum atomic E-state index is 12.5. The first-order chi connectivity index (χ1) is 13.7. The number of nitrogens with one attached hydrogen (secondary N) is 2. The van der Waals surface area contributed by atoms with Crippen LogP contribution in [0.1, 0.15) is 42.0 Å². The van der Waals surface area contributed by atoms with Crippen LogP contribution in [-0.4, -0.2) is 24.0 Å². The van der Waals surface area contributed by atoms with Crippen molar-refractivity contribution in [3.63, 3.8) is 0 Å². The van der Waals surface area contributed by atoms with E-state index in [0.717, 1.165) is 24.0 Å². The SMILES string of the molecule is Cl.O=C(NC1CC2CCC(C1)N2)c1ccc(COc2ccc3ccccc3c2)o1. The number of carbonyl (C=O) groups excluding carboxylic acids is 1. The minimum atomic E-state index is -0.136. The first kappa shape index (κ1) is 19.8. The molecule has 152 valence electrons. The van der Waals surface area contributed by atoms with Gasteiger partial charge in [-0.25, -0.2) is 0 Å². The van der Waals surface area contributed by atoms with Crippen molar-refractivity contribution < 1.29 is 13.9 Å². The quantitative estimate of drug-likeness (QED) is 0.650. The minimum absolute atomic E-state index is 0. The highest BCUT2D eigenvalue weighted by Gasteiger charge is 2.34. The van der Waals surface area contributed by atoms with E-state index in [1.165, 1.54) is 18.2 Å². The summed E-state index contributed by atoms with van der Waals surface area (Å²) in [5.41, 5.74) is 0. The summed E-state index contributed by atoms with van der Waals surface area (Å²) in [6.07, 6.45) is 4.43. The molecule has 0 saturated carbocycles. The summed E-state index contributed by atoms with van der Waals surface area (Å²) in [5, 5.41) is 9.03. The monoisotopic (exact) mass is 412 g/mol. The van der Waals surface area contributed by atoms with Crippen LogP contribution in [0.3, 0.4) is 0 Å². The molecule has 5 rings (SSSR count). The lowest BCUT2D eigenvalue weighted by atomic mass is 10.00. The molecule has 2 aromatic carbocycles. The summed E-state index contributed by atoms with van der Waals surface area (Å²) in [6.45, 7) is 0.295. The van der Waals surface area contributed by atoms with Crippen LogP contribution >= 0.6 is 12.4 Å². The molecule has 0 radical (unpaired) electrons. The molecule has 3 aromatic rings. The third kappa shape index (κ3) is 4.41. The Hall–Kier alpha value is -2.50. The van der Waals surface area contributed by atoms with Crippen molar-refractivity contribution in [3.05, 3.63) is 66.1 Å². The molecule has 2 atom stereocenters. The van der Waals surface area contributed by atoms with Gasteiger partial charge in [-0.15, -0.1) is 12.4 Å². The largest absolute Gasteiger partial charge is 0.486 e. The second-order valence-electron chi connectivity index (χ2n) is 7.84. The third-order valence-corrected chi connectivity index (χ3v) is 5.80. The first-order valence-electron chi connectivity index (χ1n) is 10.0. The van der Waals surface area contributed by atoms with Crippen LogP contribution in [0.2, 0.25) is 0 Å². The average molecular weight is 413 g/mol. The Balaban J connectivity index is 0.00000205. The minimum Gasteiger partial charge on any atom is -0.486 e. The van der Waals surface area contributed by atoms with Crippen LogP contribution in [-0.2, 0) is 6.61 Å². The molecule has 1 amide bonds. The topological polar surface area (TPSA) is 63.5 Å². The Morgan fingerprint density at radius 2 is 1.79 bits per heavy atom. The van der Waals surface area contributed by atoms with Gasteiger partial charge in [0.1, 0.15) is 18.1 Å². The Morgan fingerprint density at radius 3 is 2.59 bits per heavy atom. The summed E-state index contributed by atoms with van der Waals surface area (Å²) >= 11 is 0. The molecule has 2 unspecified atom stereocenters. The Bertz CT molecular complexity index is 990. The molecule has 2 aliphatic heterocycles. The Morgan fingerprint density at radius 1 is 1.03 bits per heavy atom. The predicted octanol–water partition coefficient (Wildman–Crippen LogP) is 4.45. The van der Waals surface area contributed by atoms with E-state index in [0.29, 0.717) is 30.2 Å². The molecular weight excluding hydrogens is 388 g/mol. The summed E-state index contributed by atoms with van der Waals surface area (Å²) in [6, 6.07) is 19.0. The fourth-order valence-electron chi connectivity index (χ4n) is 4.42. The molecule has 29 heavy (non-hydrogen) atoms. The first-order valence-corrected chi connectivity index (χ1v) is 10.0. The van der Waals surface area contributed by atoms with Gasteiger partial charge in [-0.3, -0.25) is 4.79 Å². The number of fused-ring (bicyclic) bond motifs is 3. The molecule has 5 nitrogen and oxygen atoms in total. The van der Waals surface area contributed by atoms with Crippen molar-refractivity contribution >= 4 is 29.1 Å². The van der Waals surface area contributed by atoms with Crippen molar-refractivity contribution in [1.82, 2.24) is 10.6 Å². The molecule has 2 saturated heterocycles. The van der Waals surface area contributed by atoms with E-state index in [-0.39, 0.29) is 24.4 Å². The molecular formula is C23H25ClN2O3.